The van der Waals surface area contributed by atoms with Crippen molar-refractivity contribution in [3.05, 3.63) is 30.1 Å². The molecule has 0 unspecified atom stereocenters. The fourth-order valence-electron chi connectivity index (χ4n) is 3.34. The lowest BCUT2D eigenvalue weighted by atomic mass is 9.95. The van der Waals surface area contributed by atoms with Crippen LogP contribution in [0.15, 0.2) is 24.3 Å². The Bertz CT molecular complexity index is 570. The summed E-state index contributed by atoms with van der Waals surface area (Å²) in [4.78, 5) is 26.0. The van der Waals surface area contributed by atoms with Crippen molar-refractivity contribution in [1.29, 1.82) is 0 Å². The first-order valence-corrected chi connectivity index (χ1v) is 8.00. The Balaban J connectivity index is 1.62. The monoisotopic (exact) mass is 304 g/mol. The zero-order valence-electron chi connectivity index (χ0n) is 12.6. The van der Waals surface area contributed by atoms with Gasteiger partial charge in [0, 0.05) is 24.7 Å². The first kappa shape index (κ1) is 15.0. The maximum atomic E-state index is 13.3. The van der Waals surface area contributed by atoms with Crippen molar-refractivity contribution in [1.82, 2.24) is 5.32 Å². The summed E-state index contributed by atoms with van der Waals surface area (Å²) >= 11 is 0. The number of carbonyl (C=O) groups excluding carboxylic acids is 2. The van der Waals surface area contributed by atoms with Crippen LogP contribution in [0.3, 0.4) is 0 Å². The summed E-state index contributed by atoms with van der Waals surface area (Å²) in [5, 5.41) is 3.07. The maximum absolute atomic E-state index is 13.3. The van der Waals surface area contributed by atoms with E-state index in [9.17, 15) is 14.0 Å². The Morgan fingerprint density at radius 2 is 2.00 bits per heavy atom. The first-order valence-electron chi connectivity index (χ1n) is 8.00. The summed E-state index contributed by atoms with van der Waals surface area (Å²) in [7, 11) is 0. The first-order chi connectivity index (χ1) is 10.6. The zero-order valence-corrected chi connectivity index (χ0v) is 12.6. The van der Waals surface area contributed by atoms with E-state index in [4.69, 9.17) is 0 Å². The van der Waals surface area contributed by atoms with Crippen LogP contribution in [-0.4, -0.2) is 24.4 Å². The minimum atomic E-state index is -0.375. The van der Waals surface area contributed by atoms with Crippen LogP contribution in [0, 0.1) is 11.7 Å². The molecule has 0 radical (unpaired) electrons. The minimum absolute atomic E-state index is 0.0425. The summed E-state index contributed by atoms with van der Waals surface area (Å²) < 4.78 is 13.3. The molecule has 1 N–H and O–H groups in total. The number of hydrogen-bond donors (Lipinski definition) is 1. The second-order valence-electron chi connectivity index (χ2n) is 6.23. The summed E-state index contributed by atoms with van der Waals surface area (Å²) in [5.41, 5.74) is 0.526. The van der Waals surface area contributed by atoms with Crippen LogP contribution in [-0.2, 0) is 9.59 Å². The number of nitrogens with zero attached hydrogens (tertiary/aromatic N) is 1. The van der Waals surface area contributed by atoms with Crippen molar-refractivity contribution < 1.29 is 14.0 Å². The lowest BCUT2D eigenvalue weighted by Gasteiger charge is -2.24. The van der Waals surface area contributed by atoms with Crippen molar-refractivity contribution in [3.63, 3.8) is 0 Å². The molecule has 1 aromatic carbocycles. The number of benzene rings is 1. The number of nitrogens with one attached hydrogen (secondary N) is 1. The van der Waals surface area contributed by atoms with Gasteiger partial charge in [-0.05, 0) is 31.0 Å². The van der Waals surface area contributed by atoms with Gasteiger partial charge in [-0.3, -0.25) is 9.59 Å². The van der Waals surface area contributed by atoms with E-state index in [2.05, 4.69) is 5.32 Å². The molecule has 1 aromatic rings. The molecule has 4 nitrogen and oxygen atoms in total. The highest BCUT2D eigenvalue weighted by Crippen LogP contribution is 2.26. The van der Waals surface area contributed by atoms with Crippen molar-refractivity contribution in [2.75, 3.05) is 11.4 Å². The van der Waals surface area contributed by atoms with Crippen LogP contribution in [0.1, 0.15) is 38.5 Å². The van der Waals surface area contributed by atoms with Crippen molar-refractivity contribution >= 4 is 17.5 Å². The highest BCUT2D eigenvalue weighted by molar-refractivity contribution is 6.00. The molecule has 2 amide bonds. The third-order valence-electron chi connectivity index (χ3n) is 4.57. The highest BCUT2D eigenvalue weighted by Gasteiger charge is 2.35. The van der Waals surface area contributed by atoms with E-state index in [0.29, 0.717) is 12.2 Å². The highest BCUT2D eigenvalue weighted by atomic mass is 19.1. The molecule has 1 aliphatic heterocycles. The molecule has 0 aromatic heterocycles. The summed E-state index contributed by atoms with van der Waals surface area (Å²) in [6.45, 7) is 0.334. The quantitative estimate of drug-likeness (QED) is 0.933. The van der Waals surface area contributed by atoms with Crippen LogP contribution >= 0.6 is 0 Å². The van der Waals surface area contributed by atoms with Crippen molar-refractivity contribution in [3.8, 4) is 0 Å². The lowest BCUT2D eigenvalue weighted by molar-refractivity contribution is -0.127. The zero-order chi connectivity index (χ0) is 15.5. The summed E-state index contributed by atoms with van der Waals surface area (Å²) in [6, 6.07) is 6.20. The van der Waals surface area contributed by atoms with Crippen LogP contribution in [0.5, 0.6) is 0 Å². The van der Waals surface area contributed by atoms with Crippen molar-refractivity contribution in [2.24, 2.45) is 5.92 Å². The Kier molecular flexibility index (Phi) is 4.41. The van der Waals surface area contributed by atoms with Gasteiger partial charge in [-0.1, -0.05) is 25.3 Å². The Morgan fingerprint density at radius 1 is 1.23 bits per heavy atom. The van der Waals surface area contributed by atoms with E-state index >= 15 is 0 Å². The van der Waals surface area contributed by atoms with Gasteiger partial charge in [-0.15, -0.1) is 0 Å². The molecule has 118 valence electrons. The molecule has 22 heavy (non-hydrogen) atoms. The van der Waals surface area contributed by atoms with Gasteiger partial charge >= 0.3 is 0 Å². The lowest BCUT2D eigenvalue weighted by Crippen LogP contribution is -2.40. The number of amides is 2. The SMILES string of the molecule is O=C(NC1CCCCC1)[C@H]1CC(=O)N(c2cccc(F)c2)C1. The van der Waals surface area contributed by atoms with Gasteiger partial charge in [0.15, 0.2) is 0 Å². The van der Waals surface area contributed by atoms with E-state index < -0.39 is 0 Å². The number of halogens is 1. The van der Waals surface area contributed by atoms with Gasteiger partial charge in [0.2, 0.25) is 11.8 Å². The predicted octanol–water partition coefficient (Wildman–Crippen LogP) is 2.63. The smallest absolute Gasteiger partial charge is 0.227 e. The molecular formula is C17H21FN2O2. The minimum Gasteiger partial charge on any atom is -0.353 e. The van der Waals surface area contributed by atoms with E-state index in [1.807, 2.05) is 0 Å². The number of carbonyl (C=O) groups is 2. The van der Waals surface area contributed by atoms with Gasteiger partial charge in [-0.25, -0.2) is 4.39 Å². The number of anilines is 1. The fraction of sp³-hybridized carbons (Fsp3) is 0.529. The fourth-order valence-corrected chi connectivity index (χ4v) is 3.34. The Hall–Kier alpha value is -1.91. The second kappa shape index (κ2) is 6.46. The number of rotatable bonds is 3. The molecule has 1 atom stereocenters. The van der Waals surface area contributed by atoms with Gasteiger partial charge in [0.1, 0.15) is 5.82 Å². The van der Waals surface area contributed by atoms with E-state index in [1.54, 1.807) is 12.1 Å². The molecular weight excluding hydrogens is 283 g/mol. The molecule has 1 saturated heterocycles. The average Bonchev–Trinajstić information content (AvgIpc) is 2.90. The largest absolute Gasteiger partial charge is 0.353 e. The van der Waals surface area contributed by atoms with Gasteiger partial charge in [0.05, 0.1) is 5.92 Å². The van der Waals surface area contributed by atoms with Crippen LogP contribution in [0.2, 0.25) is 0 Å². The maximum Gasteiger partial charge on any atom is 0.227 e. The topological polar surface area (TPSA) is 49.4 Å². The van der Waals surface area contributed by atoms with Gasteiger partial charge < -0.3 is 10.2 Å². The van der Waals surface area contributed by atoms with Gasteiger partial charge in [-0.2, -0.15) is 0 Å². The van der Waals surface area contributed by atoms with Crippen LogP contribution in [0.25, 0.3) is 0 Å². The molecule has 2 fully saturated rings. The Morgan fingerprint density at radius 3 is 2.73 bits per heavy atom. The normalized spacial score (nSPS) is 22.9. The average molecular weight is 304 g/mol. The molecule has 2 aliphatic rings. The second-order valence-corrected chi connectivity index (χ2v) is 6.23. The van der Waals surface area contributed by atoms with Crippen molar-refractivity contribution in [2.45, 2.75) is 44.6 Å². The molecule has 3 rings (SSSR count). The van der Waals surface area contributed by atoms with E-state index in [-0.39, 0.29) is 36.0 Å². The standard InChI is InChI=1S/C17H21FN2O2/c18-13-5-4-8-15(10-13)20-11-12(9-16(20)21)17(22)19-14-6-2-1-3-7-14/h4-5,8,10,12,14H,1-3,6-7,9,11H2,(H,19,22)/t12-/m0/s1. The van der Waals surface area contributed by atoms with E-state index in [1.165, 1.54) is 23.5 Å². The molecule has 0 spiro atoms. The molecule has 0 bridgehead atoms. The third-order valence-corrected chi connectivity index (χ3v) is 4.57. The molecule has 1 heterocycles. The van der Waals surface area contributed by atoms with E-state index in [0.717, 1.165) is 25.7 Å². The number of hydrogen-bond acceptors (Lipinski definition) is 2. The summed E-state index contributed by atoms with van der Waals surface area (Å²) in [5.74, 6) is -0.869. The van der Waals surface area contributed by atoms with Gasteiger partial charge in [0.25, 0.3) is 0 Å². The van der Waals surface area contributed by atoms with Crippen LogP contribution in [0.4, 0.5) is 10.1 Å². The molecule has 5 heteroatoms. The molecule has 1 saturated carbocycles. The predicted molar refractivity (Wildman–Crippen MR) is 81.9 cm³/mol. The summed E-state index contributed by atoms with van der Waals surface area (Å²) in [6.07, 6.45) is 5.81. The Labute approximate surface area is 129 Å². The third kappa shape index (κ3) is 3.29. The van der Waals surface area contributed by atoms with Crippen LogP contribution < -0.4 is 10.2 Å². The molecule has 1 aliphatic carbocycles.